The highest BCUT2D eigenvalue weighted by atomic mass is 79.9. The van der Waals surface area contributed by atoms with E-state index in [1.807, 2.05) is 24.3 Å². The van der Waals surface area contributed by atoms with Crippen LogP contribution in [0.4, 0.5) is 0 Å². The lowest BCUT2D eigenvalue weighted by Gasteiger charge is -2.11. The molecule has 0 amide bonds. The molecule has 0 fully saturated rings. The van der Waals surface area contributed by atoms with E-state index in [9.17, 15) is 9.59 Å². The van der Waals surface area contributed by atoms with Crippen LogP contribution in [0, 0.1) is 0 Å². The fourth-order valence-corrected chi connectivity index (χ4v) is 3.48. The normalized spacial score (nSPS) is 10.6. The van der Waals surface area contributed by atoms with Crippen LogP contribution in [-0.4, -0.2) is 18.4 Å². The van der Waals surface area contributed by atoms with Gasteiger partial charge in [-0.2, -0.15) is 0 Å². The Kier molecular flexibility index (Phi) is 5.74. The highest BCUT2D eigenvalue weighted by Crippen LogP contribution is 2.34. The molecular formula is C20H14Br2O4. The van der Waals surface area contributed by atoms with Crippen molar-refractivity contribution in [3.8, 4) is 11.5 Å². The molecule has 0 heterocycles. The number of para-hydroxylation sites is 1. The lowest BCUT2D eigenvalue weighted by atomic mass is 10.1. The molecule has 3 aromatic carbocycles. The third-order valence-corrected chi connectivity index (χ3v) is 5.03. The van der Waals surface area contributed by atoms with Gasteiger partial charge in [-0.3, -0.25) is 4.79 Å². The maximum Gasteiger partial charge on any atom is 0.349 e. The largest absolute Gasteiger partial charge is 0.481 e. The van der Waals surface area contributed by atoms with Crippen molar-refractivity contribution in [2.75, 3.05) is 6.61 Å². The zero-order valence-electron chi connectivity index (χ0n) is 13.8. The lowest BCUT2D eigenvalue weighted by Crippen LogP contribution is -2.19. The molecule has 0 bridgehead atoms. The summed E-state index contributed by atoms with van der Waals surface area (Å²) < 4.78 is 12.6. The van der Waals surface area contributed by atoms with Crippen LogP contribution in [0.1, 0.15) is 17.3 Å². The number of halogens is 2. The number of Topliss-reactive ketones (excluding diaryl/α,β-unsaturated/α-hetero) is 1. The van der Waals surface area contributed by atoms with Gasteiger partial charge in [0.05, 0.1) is 10.0 Å². The molecule has 0 aromatic heterocycles. The van der Waals surface area contributed by atoms with Gasteiger partial charge in [0.25, 0.3) is 0 Å². The maximum absolute atomic E-state index is 12.1. The van der Waals surface area contributed by atoms with E-state index in [-0.39, 0.29) is 18.1 Å². The number of esters is 1. The molecule has 0 aliphatic rings. The first-order chi connectivity index (χ1) is 12.5. The van der Waals surface area contributed by atoms with Crippen molar-refractivity contribution in [1.82, 2.24) is 0 Å². The summed E-state index contributed by atoms with van der Waals surface area (Å²) in [5.74, 6) is 0.0203. The summed E-state index contributed by atoms with van der Waals surface area (Å²) in [4.78, 5) is 23.7. The molecule has 0 unspecified atom stereocenters. The van der Waals surface area contributed by atoms with Crippen LogP contribution in [0.15, 0.2) is 63.5 Å². The average molecular weight is 478 g/mol. The number of hydrogen-bond acceptors (Lipinski definition) is 4. The number of rotatable bonds is 5. The zero-order valence-corrected chi connectivity index (χ0v) is 17.0. The molecular weight excluding hydrogens is 464 g/mol. The Labute approximate surface area is 167 Å². The summed E-state index contributed by atoms with van der Waals surface area (Å²) in [7, 11) is 0. The van der Waals surface area contributed by atoms with E-state index >= 15 is 0 Å². The minimum absolute atomic E-state index is 0.169. The van der Waals surface area contributed by atoms with E-state index in [1.54, 1.807) is 30.3 Å². The molecule has 0 aliphatic carbocycles. The molecule has 3 rings (SSSR count). The van der Waals surface area contributed by atoms with Crippen molar-refractivity contribution in [3.05, 3.63) is 69.1 Å². The zero-order chi connectivity index (χ0) is 18.7. The summed E-state index contributed by atoms with van der Waals surface area (Å²) >= 11 is 6.96. The lowest BCUT2D eigenvalue weighted by molar-refractivity contribution is -0.136. The number of ether oxygens (including phenoxy) is 2. The van der Waals surface area contributed by atoms with Crippen molar-refractivity contribution in [2.24, 2.45) is 0 Å². The predicted octanol–water partition coefficient (Wildman–Crippen LogP) is 5.55. The van der Waals surface area contributed by atoms with Gasteiger partial charge in [0, 0.05) is 4.47 Å². The third-order valence-electron chi connectivity index (χ3n) is 3.72. The van der Waals surface area contributed by atoms with Gasteiger partial charge in [0.15, 0.2) is 12.4 Å². The van der Waals surface area contributed by atoms with E-state index in [0.29, 0.717) is 11.3 Å². The number of fused-ring (bicyclic) bond motifs is 1. The van der Waals surface area contributed by atoms with Gasteiger partial charge in [-0.1, -0.05) is 40.2 Å². The Balaban J connectivity index is 1.72. The maximum atomic E-state index is 12.1. The smallest absolute Gasteiger partial charge is 0.349 e. The fourth-order valence-electron chi connectivity index (χ4n) is 2.49. The van der Waals surface area contributed by atoms with Gasteiger partial charge in [-0.15, -0.1) is 0 Å². The second-order valence-corrected chi connectivity index (χ2v) is 7.27. The molecule has 0 saturated heterocycles. The van der Waals surface area contributed by atoms with Crippen LogP contribution in [0.25, 0.3) is 10.8 Å². The van der Waals surface area contributed by atoms with E-state index in [2.05, 4.69) is 31.9 Å². The molecule has 0 saturated carbocycles. The van der Waals surface area contributed by atoms with Crippen molar-refractivity contribution < 1.29 is 19.1 Å². The number of carbonyl (C=O) groups excluding carboxylic acids is 2. The van der Waals surface area contributed by atoms with Crippen LogP contribution in [0.2, 0.25) is 0 Å². The van der Waals surface area contributed by atoms with Crippen molar-refractivity contribution in [1.29, 1.82) is 0 Å². The van der Waals surface area contributed by atoms with Gasteiger partial charge in [-0.05, 0) is 64.0 Å². The van der Waals surface area contributed by atoms with E-state index < -0.39 is 5.97 Å². The predicted molar refractivity (Wildman–Crippen MR) is 107 cm³/mol. The SMILES string of the molecule is CC(=O)c1ccccc1OC(=O)COc1ccc2cc(Br)ccc2c1Br. The Morgan fingerprint density at radius 2 is 1.73 bits per heavy atom. The minimum atomic E-state index is -0.582. The molecule has 0 aliphatic heterocycles. The highest BCUT2D eigenvalue weighted by Gasteiger charge is 2.14. The molecule has 0 radical (unpaired) electrons. The van der Waals surface area contributed by atoms with Gasteiger partial charge in [0.1, 0.15) is 11.5 Å². The Morgan fingerprint density at radius 3 is 2.50 bits per heavy atom. The van der Waals surface area contributed by atoms with Crippen LogP contribution >= 0.6 is 31.9 Å². The molecule has 132 valence electrons. The highest BCUT2D eigenvalue weighted by molar-refractivity contribution is 9.11. The second-order valence-electron chi connectivity index (χ2n) is 5.56. The van der Waals surface area contributed by atoms with Crippen LogP contribution in [0.5, 0.6) is 11.5 Å². The second kappa shape index (κ2) is 8.01. The van der Waals surface area contributed by atoms with Crippen molar-refractivity contribution in [3.63, 3.8) is 0 Å². The van der Waals surface area contributed by atoms with E-state index in [0.717, 1.165) is 19.7 Å². The van der Waals surface area contributed by atoms with E-state index in [4.69, 9.17) is 9.47 Å². The van der Waals surface area contributed by atoms with Gasteiger partial charge in [0.2, 0.25) is 0 Å². The molecule has 0 atom stereocenters. The fraction of sp³-hybridized carbons (Fsp3) is 0.100. The summed E-state index contributed by atoms with van der Waals surface area (Å²) in [6.45, 7) is 1.15. The third kappa shape index (κ3) is 4.14. The van der Waals surface area contributed by atoms with Crippen molar-refractivity contribution in [2.45, 2.75) is 6.92 Å². The first-order valence-corrected chi connectivity index (χ1v) is 9.35. The molecule has 0 spiro atoms. The molecule has 4 nitrogen and oxygen atoms in total. The molecule has 6 heteroatoms. The Hall–Kier alpha value is -2.18. The number of carbonyl (C=O) groups is 2. The summed E-state index contributed by atoms with van der Waals surface area (Å²) in [5.41, 5.74) is 0.360. The quantitative estimate of drug-likeness (QED) is 0.274. The summed E-state index contributed by atoms with van der Waals surface area (Å²) in [6.07, 6.45) is 0. The first kappa shape index (κ1) is 18.6. The first-order valence-electron chi connectivity index (χ1n) is 7.77. The van der Waals surface area contributed by atoms with E-state index in [1.165, 1.54) is 6.92 Å². The van der Waals surface area contributed by atoms with Crippen molar-refractivity contribution >= 4 is 54.4 Å². The number of hydrogen-bond donors (Lipinski definition) is 0. The minimum Gasteiger partial charge on any atom is -0.481 e. The van der Waals surface area contributed by atoms with Crippen LogP contribution < -0.4 is 9.47 Å². The van der Waals surface area contributed by atoms with Gasteiger partial charge >= 0.3 is 5.97 Å². The molecule has 3 aromatic rings. The average Bonchev–Trinajstić information content (AvgIpc) is 2.61. The number of benzene rings is 3. The van der Waals surface area contributed by atoms with Crippen LogP contribution in [-0.2, 0) is 4.79 Å². The van der Waals surface area contributed by atoms with Gasteiger partial charge in [-0.25, -0.2) is 4.79 Å². The van der Waals surface area contributed by atoms with Crippen LogP contribution in [0.3, 0.4) is 0 Å². The topological polar surface area (TPSA) is 52.6 Å². The summed E-state index contributed by atoms with van der Waals surface area (Å²) in [6, 6.07) is 16.2. The number of ketones is 1. The standard InChI is InChI=1S/C20H14Br2O4/c1-12(23)15-4-2-3-5-17(15)26-19(24)11-25-18-9-6-13-10-14(21)7-8-16(13)20(18)22/h2-10H,11H2,1H3. The summed E-state index contributed by atoms with van der Waals surface area (Å²) in [5, 5.41) is 2.01. The Bertz CT molecular complexity index is 998. The Morgan fingerprint density at radius 1 is 0.962 bits per heavy atom. The van der Waals surface area contributed by atoms with Gasteiger partial charge < -0.3 is 9.47 Å². The molecule has 0 N–H and O–H groups in total. The monoisotopic (exact) mass is 476 g/mol. The molecule has 26 heavy (non-hydrogen) atoms.